The molecule has 43 heavy (non-hydrogen) atoms. The Bertz CT molecular complexity index is 1500. The van der Waals surface area contributed by atoms with Gasteiger partial charge in [-0.15, -0.1) is 0 Å². The number of anilines is 1. The lowest BCUT2D eigenvalue weighted by Crippen LogP contribution is -2.48. The van der Waals surface area contributed by atoms with Crippen LogP contribution in [-0.4, -0.2) is 68.6 Å². The zero-order valence-electron chi connectivity index (χ0n) is 26.0. The minimum atomic E-state index is -0.731. The molecule has 2 aliphatic rings. The van der Waals surface area contributed by atoms with Crippen molar-refractivity contribution in [1.82, 2.24) is 19.5 Å². The van der Waals surface area contributed by atoms with Gasteiger partial charge in [-0.25, -0.2) is 24.0 Å². The SMILES string of the molecule is CCOc1cc(-c2ccc(N3C[C@H]4CC(N(C(=O)OC(C)(C)C)C(=O)OC(C)(C)C)C[C@H]4C3)nc2)c2c(C#N)cnn2c1. The predicted octanol–water partition coefficient (Wildman–Crippen LogP) is 6.05. The van der Waals surface area contributed by atoms with Crippen LogP contribution in [0.4, 0.5) is 15.4 Å². The molecule has 3 aromatic rings. The fourth-order valence-electron chi connectivity index (χ4n) is 6.04. The Morgan fingerprint density at radius 1 is 1.02 bits per heavy atom. The Balaban J connectivity index is 1.31. The molecule has 3 aromatic heterocycles. The number of pyridine rings is 2. The second-order valence-electron chi connectivity index (χ2n) is 13.3. The van der Waals surface area contributed by atoms with Gasteiger partial charge in [0, 0.05) is 36.5 Å². The van der Waals surface area contributed by atoms with E-state index in [1.807, 2.05) is 31.3 Å². The molecule has 1 aliphatic carbocycles. The first-order valence-electron chi connectivity index (χ1n) is 14.8. The van der Waals surface area contributed by atoms with Crippen molar-refractivity contribution in [2.24, 2.45) is 11.8 Å². The summed E-state index contributed by atoms with van der Waals surface area (Å²) in [6, 6.07) is 7.85. The highest BCUT2D eigenvalue weighted by molar-refractivity contribution is 5.89. The highest BCUT2D eigenvalue weighted by Gasteiger charge is 2.47. The fourth-order valence-corrected chi connectivity index (χ4v) is 6.04. The summed E-state index contributed by atoms with van der Waals surface area (Å²) in [4.78, 5) is 34.5. The van der Waals surface area contributed by atoms with Crippen LogP contribution in [0, 0.1) is 23.2 Å². The van der Waals surface area contributed by atoms with Crippen LogP contribution in [0.2, 0.25) is 0 Å². The molecule has 4 heterocycles. The number of hydrogen-bond acceptors (Lipinski definition) is 9. The summed E-state index contributed by atoms with van der Waals surface area (Å²) >= 11 is 0. The third kappa shape index (κ3) is 6.53. The molecule has 0 N–H and O–H groups in total. The smallest absolute Gasteiger partial charge is 0.420 e. The molecular weight excluding hydrogens is 548 g/mol. The molecule has 228 valence electrons. The van der Waals surface area contributed by atoms with Crippen molar-refractivity contribution in [2.75, 3.05) is 24.6 Å². The second-order valence-corrected chi connectivity index (χ2v) is 13.3. The summed E-state index contributed by atoms with van der Waals surface area (Å²) in [5.41, 5.74) is 1.41. The number of nitrogens with zero attached hydrogens (tertiary/aromatic N) is 6. The van der Waals surface area contributed by atoms with Crippen molar-refractivity contribution in [3.05, 3.63) is 42.4 Å². The van der Waals surface area contributed by atoms with Gasteiger partial charge in [0.25, 0.3) is 0 Å². The standard InChI is InChI=1S/C32H40N6O5/c1-8-41-25-13-26(28-23(14-33)16-35-37(28)19-25)20-9-10-27(34-15-20)36-17-21-11-24(12-22(21)18-36)38(29(39)42-31(2,3)4)30(40)43-32(5,6)7/h9-10,13,15-16,19,21-22,24H,8,11-12,17-18H2,1-7H3/t21-,22+,24?. The molecule has 5 rings (SSSR count). The number of aromatic nitrogens is 3. The van der Waals surface area contributed by atoms with Crippen LogP contribution in [0.15, 0.2) is 36.8 Å². The third-order valence-corrected chi connectivity index (χ3v) is 7.67. The van der Waals surface area contributed by atoms with Crippen molar-refractivity contribution in [3.63, 3.8) is 0 Å². The lowest BCUT2D eigenvalue weighted by Gasteiger charge is -2.32. The summed E-state index contributed by atoms with van der Waals surface area (Å²) in [6.07, 6.45) is 5.17. The topological polar surface area (TPSA) is 122 Å². The third-order valence-electron chi connectivity index (χ3n) is 7.67. The number of rotatable bonds is 5. The highest BCUT2D eigenvalue weighted by Crippen LogP contribution is 2.42. The maximum atomic E-state index is 13.1. The van der Waals surface area contributed by atoms with Crippen LogP contribution in [0.3, 0.4) is 0 Å². The molecule has 0 bridgehead atoms. The highest BCUT2D eigenvalue weighted by atomic mass is 16.6. The Hall–Kier alpha value is -4.33. The maximum absolute atomic E-state index is 13.1. The lowest BCUT2D eigenvalue weighted by atomic mass is 10.0. The zero-order chi connectivity index (χ0) is 31.1. The van der Waals surface area contributed by atoms with Gasteiger partial charge in [-0.05, 0) is 91.3 Å². The summed E-state index contributed by atoms with van der Waals surface area (Å²) in [5, 5.41) is 14.0. The van der Waals surface area contributed by atoms with Crippen molar-refractivity contribution < 1.29 is 23.8 Å². The molecule has 2 fully saturated rings. The van der Waals surface area contributed by atoms with Gasteiger partial charge in [-0.1, -0.05) is 0 Å². The van der Waals surface area contributed by atoms with E-state index >= 15 is 0 Å². The molecule has 0 radical (unpaired) electrons. The van der Waals surface area contributed by atoms with E-state index < -0.39 is 23.4 Å². The first kappa shape index (κ1) is 30.1. The molecule has 3 atom stereocenters. The van der Waals surface area contributed by atoms with E-state index in [-0.39, 0.29) is 6.04 Å². The molecule has 0 aromatic carbocycles. The second kappa shape index (κ2) is 11.4. The average Bonchev–Trinajstić information content (AvgIpc) is 3.60. The van der Waals surface area contributed by atoms with Gasteiger partial charge in [-0.3, -0.25) is 0 Å². The average molecular weight is 589 g/mol. The van der Waals surface area contributed by atoms with Gasteiger partial charge in [0.05, 0.1) is 30.1 Å². The van der Waals surface area contributed by atoms with Crippen molar-refractivity contribution >= 4 is 23.5 Å². The normalized spacial score (nSPS) is 20.0. The van der Waals surface area contributed by atoms with Crippen LogP contribution in [-0.2, 0) is 9.47 Å². The molecule has 1 unspecified atom stereocenters. The summed E-state index contributed by atoms with van der Waals surface area (Å²) in [5.74, 6) is 2.12. The lowest BCUT2D eigenvalue weighted by molar-refractivity contribution is -0.00730. The van der Waals surface area contributed by atoms with Crippen molar-refractivity contribution in [3.8, 4) is 22.9 Å². The molecule has 11 nitrogen and oxygen atoms in total. The number of hydrogen-bond donors (Lipinski definition) is 0. The van der Waals surface area contributed by atoms with Crippen LogP contribution in [0.25, 0.3) is 16.6 Å². The van der Waals surface area contributed by atoms with Gasteiger partial charge in [0.15, 0.2) is 0 Å². The largest absolute Gasteiger partial charge is 0.492 e. The molecule has 1 aliphatic heterocycles. The minimum Gasteiger partial charge on any atom is -0.492 e. The minimum absolute atomic E-state index is 0.290. The fraction of sp³-hybridized carbons (Fsp3) is 0.531. The van der Waals surface area contributed by atoms with Gasteiger partial charge in [0.2, 0.25) is 0 Å². The monoisotopic (exact) mass is 588 g/mol. The van der Waals surface area contributed by atoms with Gasteiger partial charge < -0.3 is 19.1 Å². The van der Waals surface area contributed by atoms with Crippen molar-refractivity contribution in [2.45, 2.75) is 78.6 Å². The number of fused-ring (bicyclic) bond motifs is 2. The van der Waals surface area contributed by atoms with E-state index in [4.69, 9.17) is 19.2 Å². The quantitative estimate of drug-likeness (QED) is 0.350. The van der Waals surface area contributed by atoms with E-state index in [9.17, 15) is 14.9 Å². The first-order chi connectivity index (χ1) is 20.3. The van der Waals surface area contributed by atoms with E-state index in [1.165, 1.54) is 4.90 Å². The van der Waals surface area contributed by atoms with Crippen molar-refractivity contribution in [1.29, 1.82) is 5.26 Å². The van der Waals surface area contributed by atoms with Crippen LogP contribution in [0.5, 0.6) is 5.75 Å². The van der Waals surface area contributed by atoms with Gasteiger partial charge in [-0.2, -0.15) is 10.4 Å². The number of carbonyl (C=O) groups is 2. The van der Waals surface area contributed by atoms with E-state index in [0.29, 0.717) is 48.1 Å². The predicted molar refractivity (Wildman–Crippen MR) is 161 cm³/mol. The molecule has 11 heteroatoms. The number of carbonyl (C=O) groups excluding carboxylic acids is 2. The number of amides is 2. The van der Waals surface area contributed by atoms with Gasteiger partial charge in [0.1, 0.15) is 28.8 Å². The molecular formula is C32H40N6O5. The summed E-state index contributed by atoms with van der Waals surface area (Å²) in [6.45, 7) is 14.7. The molecule has 1 saturated carbocycles. The first-order valence-corrected chi connectivity index (χ1v) is 14.8. The Labute approximate surface area is 252 Å². The summed E-state index contributed by atoms with van der Waals surface area (Å²) < 4.78 is 18.6. The van der Waals surface area contributed by atoms with Gasteiger partial charge >= 0.3 is 12.2 Å². The Morgan fingerprint density at radius 2 is 1.65 bits per heavy atom. The Morgan fingerprint density at radius 3 is 2.16 bits per heavy atom. The van der Waals surface area contributed by atoms with E-state index in [0.717, 1.165) is 30.0 Å². The van der Waals surface area contributed by atoms with E-state index in [1.54, 1.807) is 58.5 Å². The Kier molecular flexibility index (Phi) is 7.99. The number of ether oxygens (including phenoxy) is 3. The zero-order valence-corrected chi connectivity index (χ0v) is 26.0. The molecule has 1 saturated heterocycles. The van der Waals surface area contributed by atoms with E-state index in [2.05, 4.69) is 16.1 Å². The number of imide groups is 1. The van der Waals surface area contributed by atoms with Crippen LogP contribution < -0.4 is 9.64 Å². The number of nitriles is 1. The molecule has 2 amide bonds. The summed E-state index contributed by atoms with van der Waals surface area (Å²) in [7, 11) is 0. The van der Waals surface area contributed by atoms with Crippen LogP contribution >= 0.6 is 0 Å². The molecule has 0 spiro atoms. The van der Waals surface area contributed by atoms with Crippen LogP contribution in [0.1, 0.15) is 66.9 Å². The maximum Gasteiger partial charge on any atom is 0.420 e.